The maximum atomic E-state index is 11.3. The highest BCUT2D eigenvalue weighted by Crippen LogP contribution is 2.19. The van der Waals surface area contributed by atoms with E-state index in [0.717, 1.165) is 5.69 Å². The number of sulfone groups is 1. The van der Waals surface area contributed by atoms with Crippen LogP contribution in [0.3, 0.4) is 0 Å². The summed E-state index contributed by atoms with van der Waals surface area (Å²) in [6, 6.07) is 1.82. The van der Waals surface area contributed by atoms with Gasteiger partial charge in [-0.05, 0) is 12.5 Å². The molecule has 0 amide bonds. The summed E-state index contributed by atoms with van der Waals surface area (Å²) in [5.74, 6) is 0.424. The molecule has 2 N–H and O–H groups in total. The second-order valence-corrected chi connectivity index (χ2v) is 6.42. The highest BCUT2D eigenvalue weighted by atomic mass is 32.2. The van der Waals surface area contributed by atoms with Gasteiger partial charge in [0.1, 0.15) is 9.84 Å². The Balaban J connectivity index is 2.51. The quantitative estimate of drug-likeness (QED) is 0.820. The van der Waals surface area contributed by atoms with Crippen molar-refractivity contribution >= 4 is 21.2 Å². The largest absolute Gasteiger partial charge is 0.396 e. The van der Waals surface area contributed by atoms with Crippen molar-refractivity contribution in [3.63, 3.8) is 0 Å². The number of aromatic nitrogens is 1. The molecule has 0 aromatic carbocycles. The lowest BCUT2D eigenvalue weighted by atomic mass is 10.3. The highest BCUT2D eigenvalue weighted by molar-refractivity contribution is 7.91. The van der Waals surface area contributed by atoms with Gasteiger partial charge in [0.05, 0.1) is 23.3 Å². The van der Waals surface area contributed by atoms with Gasteiger partial charge in [-0.25, -0.2) is 8.42 Å². The third-order valence-electron chi connectivity index (χ3n) is 2.63. The van der Waals surface area contributed by atoms with E-state index in [0.29, 0.717) is 18.7 Å². The highest BCUT2D eigenvalue weighted by Gasteiger charge is 2.09. The van der Waals surface area contributed by atoms with Gasteiger partial charge in [-0.15, -0.1) is 0 Å². The SMILES string of the molecule is CCS(=O)(=O)CCCN(C)c1ccncc1N. The minimum Gasteiger partial charge on any atom is -0.396 e. The van der Waals surface area contributed by atoms with Crippen molar-refractivity contribution < 1.29 is 8.42 Å². The van der Waals surface area contributed by atoms with Crippen LogP contribution in [0, 0.1) is 0 Å². The van der Waals surface area contributed by atoms with Gasteiger partial charge in [-0.2, -0.15) is 0 Å². The van der Waals surface area contributed by atoms with Crippen LogP contribution in [0.1, 0.15) is 13.3 Å². The Morgan fingerprint density at radius 2 is 2.18 bits per heavy atom. The van der Waals surface area contributed by atoms with E-state index < -0.39 is 9.84 Å². The van der Waals surface area contributed by atoms with Crippen molar-refractivity contribution in [2.75, 3.05) is 35.7 Å². The third kappa shape index (κ3) is 4.22. The summed E-state index contributed by atoms with van der Waals surface area (Å²) in [6.07, 6.45) is 3.87. The van der Waals surface area contributed by atoms with E-state index in [1.165, 1.54) is 0 Å². The molecule has 0 aliphatic rings. The Hall–Kier alpha value is -1.30. The van der Waals surface area contributed by atoms with Crippen LogP contribution in [0.2, 0.25) is 0 Å². The van der Waals surface area contributed by atoms with Crippen LogP contribution in [-0.2, 0) is 9.84 Å². The van der Waals surface area contributed by atoms with Crippen molar-refractivity contribution in [3.8, 4) is 0 Å². The van der Waals surface area contributed by atoms with E-state index in [9.17, 15) is 8.42 Å². The molecule has 1 aromatic heterocycles. The first kappa shape index (κ1) is 13.8. The van der Waals surface area contributed by atoms with E-state index in [4.69, 9.17) is 5.73 Å². The smallest absolute Gasteiger partial charge is 0.150 e. The summed E-state index contributed by atoms with van der Waals surface area (Å²) in [7, 11) is -0.985. The number of nitrogens with two attached hydrogens (primary N) is 1. The molecule has 0 saturated carbocycles. The topological polar surface area (TPSA) is 76.3 Å². The average molecular weight is 257 g/mol. The van der Waals surface area contributed by atoms with E-state index in [1.807, 2.05) is 18.0 Å². The average Bonchev–Trinajstić information content (AvgIpc) is 2.29. The van der Waals surface area contributed by atoms with E-state index in [1.54, 1.807) is 19.3 Å². The van der Waals surface area contributed by atoms with E-state index in [-0.39, 0.29) is 11.5 Å². The van der Waals surface area contributed by atoms with Crippen LogP contribution in [-0.4, -0.2) is 38.5 Å². The molecule has 0 aliphatic heterocycles. The lowest BCUT2D eigenvalue weighted by Crippen LogP contribution is -2.22. The summed E-state index contributed by atoms with van der Waals surface area (Å²) in [6.45, 7) is 2.33. The zero-order valence-electron chi connectivity index (χ0n) is 10.3. The molecule has 6 heteroatoms. The lowest BCUT2D eigenvalue weighted by molar-refractivity contribution is 0.594. The number of anilines is 2. The molecule has 0 bridgehead atoms. The minimum atomic E-state index is -2.88. The lowest BCUT2D eigenvalue weighted by Gasteiger charge is -2.20. The van der Waals surface area contributed by atoms with Gasteiger partial charge in [0, 0.05) is 25.5 Å². The summed E-state index contributed by atoms with van der Waals surface area (Å²) in [5.41, 5.74) is 7.27. The fourth-order valence-electron chi connectivity index (χ4n) is 1.53. The Labute approximate surface area is 103 Å². The zero-order valence-corrected chi connectivity index (χ0v) is 11.1. The summed E-state index contributed by atoms with van der Waals surface area (Å²) in [4.78, 5) is 5.86. The van der Waals surface area contributed by atoms with Crippen molar-refractivity contribution in [1.29, 1.82) is 0 Å². The van der Waals surface area contributed by atoms with Gasteiger partial charge >= 0.3 is 0 Å². The predicted molar refractivity (Wildman–Crippen MR) is 70.9 cm³/mol. The first-order chi connectivity index (χ1) is 7.96. The van der Waals surface area contributed by atoms with Gasteiger partial charge < -0.3 is 10.6 Å². The number of nitrogen functional groups attached to an aromatic ring is 1. The van der Waals surface area contributed by atoms with Crippen molar-refractivity contribution in [1.82, 2.24) is 4.98 Å². The zero-order chi connectivity index (χ0) is 12.9. The molecular weight excluding hydrogens is 238 g/mol. The molecule has 17 heavy (non-hydrogen) atoms. The van der Waals surface area contributed by atoms with Crippen LogP contribution in [0.15, 0.2) is 18.5 Å². The van der Waals surface area contributed by atoms with E-state index >= 15 is 0 Å². The van der Waals surface area contributed by atoms with Crippen LogP contribution >= 0.6 is 0 Å². The number of nitrogens with zero attached hydrogens (tertiary/aromatic N) is 2. The number of hydrogen-bond acceptors (Lipinski definition) is 5. The molecule has 0 atom stereocenters. The molecule has 0 fully saturated rings. The van der Waals surface area contributed by atoms with Gasteiger partial charge in [-0.3, -0.25) is 4.98 Å². The van der Waals surface area contributed by atoms with Crippen LogP contribution < -0.4 is 10.6 Å². The van der Waals surface area contributed by atoms with Crippen molar-refractivity contribution in [2.45, 2.75) is 13.3 Å². The molecule has 0 unspecified atom stereocenters. The number of rotatable bonds is 6. The Kier molecular flexibility index (Phi) is 4.74. The molecular formula is C11H19N3O2S. The van der Waals surface area contributed by atoms with Gasteiger partial charge in [0.25, 0.3) is 0 Å². The molecule has 0 saturated heterocycles. The monoisotopic (exact) mass is 257 g/mol. The fraction of sp³-hybridized carbons (Fsp3) is 0.545. The fourth-order valence-corrected chi connectivity index (χ4v) is 2.39. The first-order valence-electron chi connectivity index (χ1n) is 5.57. The second-order valence-electron chi connectivity index (χ2n) is 3.95. The third-order valence-corrected chi connectivity index (χ3v) is 4.42. The van der Waals surface area contributed by atoms with Gasteiger partial charge in [0.2, 0.25) is 0 Å². The summed E-state index contributed by atoms with van der Waals surface area (Å²) >= 11 is 0. The minimum absolute atomic E-state index is 0.202. The Morgan fingerprint density at radius 3 is 2.76 bits per heavy atom. The first-order valence-corrected chi connectivity index (χ1v) is 7.39. The Bertz CT molecular complexity index is 460. The second kappa shape index (κ2) is 5.86. The molecule has 1 heterocycles. The van der Waals surface area contributed by atoms with Crippen LogP contribution in [0.4, 0.5) is 11.4 Å². The van der Waals surface area contributed by atoms with Crippen molar-refractivity contribution in [2.24, 2.45) is 0 Å². The maximum absolute atomic E-state index is 11.3. The summed E-state index contributed by atoms with van der Waals surface area (Å²) in [5, 5.41) is 0. The number of hydrogen-bond donors (Lipinski definition) is 1. The molecule has 96 valence electrons. The van der Waals surface area contributed by atoms with Crippen LogP contribution in [0.5, 0.6) is 0 Å². The van der Waals surface area contributed by atoms with Gasteiger partial charge in [-0.1, -0.05) is 6.92 Å². The molecule has 1 aromatic rings. The van der Waals surface area contributed by atoms with Crippen molar-refractivity contribution in [3.05, 3.63) is 18.5 Å². The predicted octanol–water partition coefficient (Wildman–Crippen LogP) is 0.925. The number of pyridine rings is 1. The molecule has 1 rings (SSSR count). The molecule has 0 aliphatic carbocycles. The molecule has 0 spiro atoms. The Morgan fingerprint density at radius 1 is 1.47 bits per heavy atom. The normalized spacial score (nSPS) is 11.4. The maximum Gasteiger partial charge on any atom is 0.150 e. The van der Waals surface area contributed by atoms with Crippen LogP contribution in [0.25, 0.3) is 0 Å². The van der Waals surface area contributed by atoms with E-state index in [2.05, 4.69) is 4.98 Å². The molecule has 5 nitrogen and oxygen atoms in total. The van der Waals surface area contributed by atoms with Gasteiger partial charge in [0.15, 0.2) is 0 Å². The standard InChI is InChI=1S/C11H19N3O2S/c1-3-17(15,16)8-4-7-14(2)11-5-6-13-9-10(11)12/h5-6,9H,3-4,7-8,12H2,1-2H3. The molecule has 0 radical (unpaired) electrons. The summed E-state index contributed by atoms with van der Waals surface area (Å²) < 4.78 is 22.7.